The van der Waals surface area contributed by atoms with Gasteiger partial charge in [0.1, 0.15) is 18.4 Å². The molecule has 0 spiro atoms. The summed E-state index contributed by atoms with van der Waals surface area (Å²) in [4.78, 5) is 22.1. The van der Waals surface area contributed by atoms with Crippen molar-refractivity contribution in [2.75, 3.05) is 13.2 Å². The van der Waals surface area contributed by atoms with E-state index in [1.165, 1.54) is 0 Å². The van der Waals surface area contributed by atoms with Crippen molar-refractivity contribution in [3.05, 3.63) is 22.8 Å². The fourth-order valence-corrected chi connectivity index (χ4v) is 5.40. The number of carbonyl (C=O) groups excluding carboxylic acids is 1. The van der Waals surface area contributed by atoms with Gasteiger partial charge >= 0.3 is 5.97 Å². The molecule has 1 aromatic carbocycles. The monoisotopic (exact) mass is 644 g/mol. The SMILES string of the molecule is NC(CCC(=O)NCCOc1c(I)cc(I)cc1I)C(=O)O. The molecule has 122 valence electrons. The highest BCUT2D eigenvalue weighted by atomic mass is 127. The molecular formula is C13H15I3N2O4. The number of nitrogens with one attached hydrogen (secondary N) is 1. The molecule has 0 aliphatic heterocycles. The summed E-state index contributed by atoms with van der Waals surface area (Å²) < 4.78 is 8.87. The zero-order chi connectivity index (χ0) is 16.7. The maximum Gasteiger partial charge on any atom is 0.320 e. The molecule has 0 saturated carbocycles. The van der Waals surface area contributed by atoms with Crippen LogP contribution in [-0.2, 0) is 9.59 Å². The molecule has 1 atom stereocenters. The van der Waals surface area contributed by atoms with Crippen LogP contribution in [0.15, 0.2) is 12.1 Å². The van der Waals surface area contributed by atoms with E-state index in [4.69, 9.17) is 15.6 Å². The summed E-state index contributed by atoms with van der Waals surface area (Å²) in [6.07, 6.45) is 0.209. The summed E-state index contributed by atoms with van der Waals surface area (Å²) in [5.41, 5.74) is 5.33. The quantitative estimate of drug-likeness (QED) is 0.298. The van der Waals surface area contributed by atoms with Gasteiger partial charge in [-0.2, -0.15) is 0 Å². The Labute approximate surface area is 169 Å². The molecule has 1 unspecified atom stereocenters. The lowest BCUT2D eigenvalue weighted by atomic mass is 10.1. The molecule has 1 rings (SSSR count). The number of rotatable bonds is 8. The number of hydrogen-bond donors (Lipinski definition) is 3. The largest absolute Gasteiger partial charge is 0.490 e. The Morgan fingerprint density at radius 3 is 2.41 bits per heavy atom. The first kappa shape index (κ1) is 20.2. The third-order valence-electron chi connectivity index (χ3n) is 2.63. The molecule has 1 amide bonds. The molecule has 0 heterocycles. The first-order chi connectivity index (χ1) is 10.3. The van der Waals surface area contributed by atoms with Crippen LogP contribution in [-0.4, -0.2) is 36.2 Å². The van der Waals surface area contributed by atoms with Crippen LogP contribution in [0.3, 0.4) is 0 Å². The lowest BCUT2D eigenvalue weighted by molar-refractivity contribution is -0.138. The number of carboxylic acid groups (broad SMARTS) is 1. The Morgan fingerprint density at radius 1 is 1.27 bits per heavy atom. The van der Waals surface area contributed by atoms with Gasteiger partial charge in [0.05, 0.1) is 13.7 Å². The van der Waals surface area contributed by atoms with E-state index in [9.17, 15) is 9.59 Å². The molecule has 0 fully saturated rings. The minimum atomic E-state index is -1.10. The first-order valence-electron chi connectivity index (χ1n) is 6.33. The molecule has 0 radical (unpaired) electrons. The van der Waals surface area contributed by atoms with Gasteiger partial charge in [-0.05, 0) is 86.3 Å². The second-order valence-electron chi connectivity index (χ2n) is 4.38. The van der Waals surface area contributed by atoms with Gasteiger partial charge < -0.3 is 20.9 Å². The summed E-state index contributed by atoms with van der Waals surface area (Å²) in [5.74, 6) is -0.518. The van der Waals surface area contributed by atoms with Gasteiger partial charge in [0.15, 0.2) is 0 Å². The van der Waals surface area contributed by atoms with E-state index in [0.717, 1.165) is 16.5 Å². The molecule has 0 aliphatic carbocycles. The van der Waals surface area contributed by atoms with Crippen LogP contribution in [0.25, 0.3) is 0 Å². The number of carbonyl (C=O) groups is 2. The molecule has 4 N–H and O–H groups in total. The summed E-state index contributed by atoms with van der Waals surface area (Å²) in [6, 6.07) is 3.03. The Balaban J connectivity index is 2.31. The third-order valence-corrected chi connectivity index (χ3v) is 4.86. The van der Waals surface area contributed by atoms with Gasteiger partial charge in [-0.3, -0.25) is 9.59 Å². The molecule has 22 heavy (non-hydrogen) atoms. The maximum atomic E-state index is 11.5. The average Bonchev–Trinajstić information content (AvgIpc) is 2.42. The second kappa shape index (κ2) is 10.1. The van der Waals surface area contributed by atoms with Crippen molar-refractivity contribution in [3.63, 3.8) is 0 Å². The van der Waals surface area contributed by atoms with Gasteiger partial charge in [-0.1, -0.05) is 0 Å². The van der Waals surface area contributed by atoms with Crippen LogP contribution in [0.2, 0.25) is 0 Å². The normalized spacial score (nSPS) is 11.8. The minimum absolute atomic E-state index is 0.0894. The van der Waals surface area contributed by atoms with Crippen LogP contribution in [0, 0.1) is 10.7 Å². The molecule has 0 aliphatic rings. The number of halogens is 3. The number of ether oxygens (including phenoxy) is 1. The fourth-order valence-electron chi connectivity index (χ4n) is 1.51. The summed E-state index contributed by atoms with van der Waals surface area (Å²) in [7, 11) is 0. The summed E-state index contributed by atoms with van der Waals surface area (Å²) in [5, 5.41) is 11.3. The predicted octanol–water partition coefficient (Wildman–Crippen LogP) is 2.19. The number of amides is 1. The van der Waals surface area contributed by atoms with E-state index in [-0.39, 0.29) is 18.7 Å². The van der Waals surface area contributed by atoms with Crippen LogP contribution in [0.5, 0.6) is 5.75 Å². The van der Waals surface area contributed by atoms with E-state index in [0.29, 0.717) is 13.2 Å². The van der Waals surface area contributed by atoms with Gasteiger partial charge in [0.2, 0.25) is 5.91 Å². The highest BCUT2D eigenvalue weighted by Crippen LogP contribution is 2.29. The van der Waals surface area contributed by atoms with E-state index in [2.05, 4.69) is 73.1 Å². The molecule has 0 bridgehead atoms. The number of hydrogen-bond acceptors (Lipinski definition) is 4. The van der Waals surface area contributed by atoms with Crippen molar-refractivity contribution in [3.8, 4) is 5.75 Å². The van der Waals surface area contributed by atoms with Gasteiger partial charge in [-0.15, -0.1) is 0 Å². The van der Waals surface area contributed by atoms with Crippen molar-refractivity contribution in [2.45, 2.75) is 18.9 Å². The van der Waals surface area contributed by atoms with Crippen LogP contribution < -0.4 is 15.8 Å². The zero-order valence-electron chi connectivity index (χ0n) is 11.4. The van der Waals surface area contributed by atoms with Crippen LogP contribution in [0.1, 0.15) is 12.8 Å². The van der Waals surface area contributed by atoms with E-state index in [1.807, 2.05) is 12.1 Å². The maximum absolute atomic E-state index is 11.5. The standard InChI is InChI=1S/C13H15I3N2O4/c14-7-5-8(15)12(9(16)6-7)22-4-3-18-11(19)2-1-10(17)13(20)21/h5-6,10H,1-4,17H2,(H,18,19)(H,20,21). The Bertz CT molecular complexity index is 531. The molecular weight excluding hydrogens is 629 g/mol. The van der Waals surface area contributed by atoms with E-state index < -0.39 is 12.0 Å². The van der Waals surface area contributed by atoms with E-state index in [1.54, 1.807) is 0 Å². The average molecular weight is 644 g/mol. The Morgan fingerprint density at radius 2 is 1.86 bits per heavy atom. The number of benzene rings is 1. The van der Waals surface area contributed by atoms with Gasteiger partial charge in [0.25, 0.3) is 0 Å². The Kier molecular flexibility index (Phi) is 9.23. The second-order valence-corrected chi connectivity index (χ2v) is 7.95. The van der Waals surface area contributed by atoms with Crippen molar-refractivity contribution >= 4 is 79.6 Å². The fraction of sp³-hybridized carbons (Fsp3) is 0.385. The Hall–Kier alpha value is 0.110. The number of nitrogens with two attached hydrogens (primary N) is 1. The lowest BCUT2D eigenvalue weighted by Gasteiger charge is -2.12. The molecule has 9 heteroatoms. The van der Waals surface area contributed by atoms with Crippen molar-refractivity contribution in [1.82, 2.24) is 5.32 Å². The van der Waals surface area contributed by atoms with Gasteiger partial charge in [0, 0.05) is 9.99 Å². The number of aliphatic carboxylic acids is 1. The van der Waals surface area contributed by atoms with Crippen molar-refractivity contribution in [2.24, 2.45) is 5.73 Å². The van der Waals surface area contributed by atoms with Gasteiger partial charge in [-0.25, -0.2) is 0 Å². The zero-order valence-corrected chi connectivity index (χ0v) is 17.9. The smallest absolute Gasteiger partial charge is 0.320 e. The van der Waals surface area contributed by atoms with Crippen LogP contribution in [0.4, 0.5) is 0 Å². The summed E-state index contributed by atoms with van der Waals surface area (Å²) in [6.45, 7) is 0.711. The molecule has 0 saturated heterocycles. The lowest BCUT2D eigenvalue weighted by Crippen LogP contribution is -2.33. The molecule has 6 nitrogen and oxygen atoms in total. The van der Waals surface area contributed by atoms with E-state index >= 15 is 0 Å². The van der Waals surface area contributed by atoms with Crippen molar-refractivity contribution < 1.29 is 19.4 Å². The molecule has 1 aromatic rings. The summed E-state index contributed by atoms with van der Waals surface area (Å²) >= 11 is 6.67. The third kappa shape index (κ3) is 7.12. The highest BCUT2D eigenvalue weighted by molar-refractivity contribution is 14.1. The predicted molar refractivity (Wildman–Crippen MR) is 108 cm³/mol. The first-order valence-corrected chi connectivity index (χ1v) is 9.57. The highest BCUT2D eigenvalue weighted by Gasteiger charge is 2.13. The van der Waals surface area contributed by atoms with Crippen LogP contribution >= 0.6 is 67.8 Å². The topological polar surface area (TPSA) is 102 Å². The van der Waals surface area contributed by atoms with Crippen molar-refractivity contribution in [1.29, 1.82) is 0 Å². The minimum Gasteiger partial charge on any atom is -0.490 e. The molecule has 0 aromatic heterocycles. The number of carboxylic acids is 1.